The molecule has 0 radical (unpaired) electrons. The molecule has 32 heavy (non-hydrogen) atoms. The monoisotopic (exact) mass is 441 g/mol. The standard InChI is InChI=1S/C21H19N3O8/c1-3-30-21(27)23-13-4-6-15-12(8-19(25)32-18(15)9-13)11-31-20(26)16-10-14(24(28)29)5-7-17(16)22-2/h4-10,22H,3,11H2,1-2H3,(H,23,27). The van der Waals surface area contributed by atoms with Crippen molar-refractivity contribution in [3.63, 3.8) is 0 Å². The number of ether oxygens (including phenoxy) is 2. The molecule has 0 saturated heterocycles. The van der Waals surface area contributed by atoms with E-state index in [4.69, 9.17) is 13.9 Å². The first-order valence-corrected chi connectivity index (χ1v) is 9.46. The normalized spacial score (nSPS) is 10.4. The van der Waals surface area contributed by atoms with Gasteiger partial charge >= 0.3 is 17.7 Å². The van der Waals surface area contributed by atoms with Gasteiger partial charge in [-0.1, -0.05) is 0 Å². The van der Waals surface area contributed by atoms with Crippen LogP contribution < -0.4 is 16.3 Å². The third-order valence-electron chi connectivity index (χ3n) is 4.41. The molecule has 2 aromatic carbocycles. The van der Waals surface area contributed by atoms with Crippen molar-refractivity contribution in [2.75, 3.05) is 24.3 Å². The summed E-state index contributed by atoms with van der Waals surface area (Å²) in [5, 5.41) is 16.8. The molecule has 1 amide bonds. The zero-order chi connectivity index (χ0) is 23.3. The molecular weight excluding hydrogens is 422 g/mol. The summed E-state index contributed by atoms with van der Waals surface area (Å²) in [4.78, 5) is 46.5. The number of anilines is 2. The molecular formula is C21H19N3O8. The van der Waals surface area contributed by atoms with Gasteiger partial charge in [0.2, 0.25) is 0 Å². The maximum absolute atomic E-state index is 12.6. The van der Waals surface area contributed by atoms with Gasteiger partial charge in [-0.05, 0) is 25.1 Å². The fraction of sp³-hybridized carbons (Fsp3) is 0.190. The molecule has 0 aliphatic heterocycles. The second kappa shape index (κ2) is 9.60. The lowest BCUT2D eigenvalue weighted by Crippen LogP contribution is -2.13. The molecule has 1 aromatic heterocycles. The zero-order valence-corrected chi connectivity index (χ0v) is 17.2. The van der Waals surface area contributed by atoms with Crippen molar-refractivity contribution in [1.29, 1.82) is 0 Å². The average Bonchev–Trinajstić information content (AvgIpc) is 2.76. The van der Waals surface area contributed by atoms with Crippen LogP contribution in [0.4, 0.5) is 21.9 Å². The molecule has 0 aliphatic carbocycles. The van der Waals surface area contributed by atoms with Crippen LogP contribution in [0.2, 0.25) is 0 Å². The summed E-state index contributed by atoms with van der Waals surface area (Å²) >= 11 is 0. The maximum Gasteiger partial charge on any atom is 0.411 e. The highest BCUT2D eigenvalue weighted by Gasteiger charge is 2.18. The van der Waals surface area contributed by atoms with Crippen LogP contribution in [0.1, 0.15) is 22.8 Å². The summed E-state index contributed by atoms with van der Waals surface area (Å²) in [5.41, 5.74) is 0.283. The van der Waals surface area contributed by atoms with Crippen molar-refractivity contribution in [2.45, 2.75) is 13.5 Å². The first-order valence-electron chi connectivity index (χ1n) is 9.46. The van der Waals surface area contributed by atoms with Gasteiger partial charge in [0.25, 0.3) is 5.69 Å². The van der Waals surface area contributed by atoms with Crippen molar-refractivity contribution in [1.82, 2.24) is 0 Å². The Kier molecular flexibility index (Phi) is 6.68. The Morgan fingerprint density at radius 2 is 1.91 bits per heavy atom. The van der Waals surface area contributed by atoms with E-state index in [1.807, 2.05) is 0 Å². The fourth-order valence-corrected chi connectivity index (χ4v) is 2.97. The van der Waals surface area contributed by atoms with Gasteiger partial charge in [-0.3, -0.25) is 15.4 Å². The van der Waals surface area contributed by atoms with E-state index in [9.17, 15) is 24.5 Å². The first kappa shape index (κ1) is 22.3. The van der Waals surface area contributed by atoms with Gasteiger partial charge in [0, 0.05) is 53.6 Å². The average molecular weight is 441 g/mol. The third kappa shape index (κ3) is 5.01. The molecule has 0 spiro atoms. The van der Waals surface area contributed by atoms with Gasteiger partial charge in [-0.25, -0.2) is 14.4 Å². The van der Waals surface area contributed by atoms with Crippen molar-refractivity contribution >= 4 is 40.1 Å². The summed E-state index contributed by atoms with van der Waals surface area (Å²) in [5.74, 6) is -0.806. The minimum atomic E-state index is -0.806. The highest BCUT2D eigenvalue weighted by Crippen LogP contribution is 2.25. The van der Waals surface area contributed by atoms with Gasteiger partial charge < -0.3 is 19.2 Å². The van der Waals surface area contributed by atoms with Gasteiger partial charge in [-0.2, -0.15) is 0 Å². The molecule has 0 atom stereocenters. The number of carbonyl (C=O) groups is 2. The first-order chi connectivity index (χ1) is 15.3. The highest BCUT2D eigenvalue weighted by molar-refractivity contribution is 5.96. The summed E-state index contributed by atoms with van der Waals surface area (Å²) in [7, 11) is 1.57. The Bertz CT molecular complexity index is 1250. The quantitative estimate of drug-likeness (QED) is 0.242. The SMILES string of the molecule is CCOC(=O)Nc1ccc2c(COC(=O)c3cc([N+](=O)[O-])ccc3NC)cc(=O)oc2c1. The van der Waals surface area contributed by atoms with Crippen LogP contribution in [-0.4, -0.2) is 30.6 Å². The van der Waals surface area contributed by atoms with Crippen molar-refractivity contribution in [3.8, 4) is 0 Å². The van der Waals surface area contributed by atoms with E-state index in [2.05, 4.69) is 10.6 Å². The number of nitro groups is 1. The Hall–Kier alpha value is -4.41. The number of carbonyl (C=O) groups excluding carboxylic acids is 2. The van der Waals surface area contributed by atoms with Gasteiger partial charge in [0.15, 0.2) is 0 Å². The number of rotatable bonds is 7. The van der Waals surface area contributed by atoms with E-state index in [1.165, 1.54) is 24.3 Å². The van der Waals surface area contributed by atoms with E-state index >= 15 is 0 Å². The maximum atomic E-state index is 12.6. The lowest BCUT2D eigenvalue weighted by atomic mass is 10.1. The molecule has 0 unspecified atom stereocenters. The number of hydrogen-bond donors (Lipinski definition) is 2. The lowest BCUT2D eigenvalue weighted by molar-refractivity contribution is -0.384. The second-order valence-corrected chi connectivity index (χ2v) is 6.46. The van der Waals surface area contributed by atoms with E-state index in [0.717, 1.165) is 6.07 Å². The van der Waals surface area contributed by atoms with Crippen molar-refractivity contribution in [3.05, 3.63) is 74.1 Å². The smallest absolute Gasteiger partial charge is 0.411 e. The van der Waals surface area contributed by atoms with Crippen LogP contribution in [-0.2, 0) is 16.1 Å². The predicted octanol–water partition coefficient (Wildman–Crippen LogP) is 3.67. The van der Waals surface area contributed by atoms with E-state index < -0.39 is 22.6 Å². The molecule has 11 heteroatoms. The van der Waals surface area contributed by atoms with Gasteiger partial charge in [0.1, 0.15) is 12.2 Å². The molecule has 2 N–H and O–H groups in total. The summed E-state index contributed by atoms with van der Waals surface area (Å²) in [6.45, 7) is 1.58. The molecule has 11 nitrogen and oxygen atoms in total. The molecule has 0 aliphatic rings. The second-order valence-electron chi connectivity index (χ2n) is 6.46. The van der Waals surface area contributed by atoms with Crippen LogP contribution in [0.3, 0.4) is 0 Å². The molecule has 0 bridgehead atoms. The number of fused-ring (bicyclic) bond motifs is 1. The molecule has 0 fully saturated rings. The predicted molar refractivity (Wildman–Crippen MR) is 115 cm³/mol. The van der Waals surface area contributed by atoms with Crippen molar-refractivity contribution in [2.24, 2.45) is 0 Å². The molecule has 1 heterocycles. The van der Waals surface area contributed by atoms with E-state index in [-0.39, 0.29) is 30.0 Å². The van der Waals surface area contributed by atoms with E-state index in [1.54, 1.807) is 26.1 Å². The molecule has 166 valence electrons. The van der Waals surface area contributed by atoms with Crippen LogP contribution in [0.5, 0.6) is 0 Å². The Morgan fingerprint density at radius 1 is 1.12 bits per heavy atom. The van der Waals surface area contributed by atoms with Crippen LogP contribution >= 0.6 is 0 Å². The number of amides is 1. The molecule has 3 aromatic rings. The summed E-state index contributed by atoms with van der Waals surface area (Å²) in [6, 6.07) is 9.57. The molecule has 3 rings (SSSR count). The number of nitro benzene ring substituents is 1. The summed E-state index contributed by atoms with van der Waals surface area (Å²) < 4.78 is 15.3. The number of esters is 1. The number of nitrogens with one attached hydrogen (secondary N) is 2. The van der Waals surface area contributed by atoms with Gasteiger partial charge in [-0.15, -0.1) is 0 Å². The minimum Gasteiger partial charge on any atom is -0.457 e. The minimum absolute atomic E-state index is 0.0186. The van der Waals surface area contributed by atoms with Crippen LogP contribution in [0.15, 0.2) is 51.7 Å². The number of hydrogen-bond acceptors (Lipinski definition) is 9. The largest absolute Gasteiger partial charge is 0.457 e. The fourth-order valence-electron chi connectivity index (χ4n) is 2.97. The van der Waals surface area contributed by atoms with Crippen molar-refractivity contribution < 1.29 is 28.4 Å². The highest BCUT2D eigenvalue weighted by atomic mass is 16.6. The van der Waals surface area contributed by atoms with Gasteiger partial charge in [0.05, 0.1) is 17.1 Å². The third-order valence-corrected chi connectivity index (χ3v) is 4.41. The van der Waals surface area contributed by atoms with E-state index in [0.29, 0.717) is 22.3 Å². The Balaban J connectivity index is 1.85. The number of non-ortho nitro benzene ring substituents is 1. The molecule has 0 saturated carbocycles. The Morgan fingerprint density at radius 3 is 2.59 bits per heavy atom. The van der Waals surface area contributed by atoms with Crippen LogP contribution in [0.25, 0.3) is 11.0 Å². The Labute approximate surface area is 181 Å². The summed E-state index contributed by atoms with van der Waals surface area (Å²) in [6.07, 6.45) is -0.656. The lowest BCUT2D eigenvalue weighted by Gasteiger charge is -2.11. The number of nitrogens with zero attached hydrogens (tertiary/aromatic N) is 1. The zero-order valence-electron chi connectivity index (χ0n) is 17.2. The topological polar surface area (TPSA) is 150 Å². The number of benzene rings is 2. The van der Waals surface area contributed by atoms with Crippen LogP contribution in [0, 0.1) is 10.1 Å².